The Morgan fingerprint density at radius 2 is 1.42 bits per heavy atom. The van der Waals surface area contributed by atoms with Crippen molar-refractivity contribution in [3.63, 3.8) is 0 Å². The number of carbonyl (C=O) groups is 1. The first-order valence-electron chi connectivity index (χ1n) is 10.5. The predicted molar refractivity (Wildman–Crippen MR) is 128 cm³/mol. The maximum Gasteiger partial charge on any atom is 0.255 e. The van der Waals surface area contributed by atoms with Crippen molar-refractivity contribution in [1.29, 1.82) is 0 Å². The van der Waals surface area contributed by atoms with Gasteiger partial charge >= 0.3 is 0 Å². The minimum absolute atomic E-state index is 0.223. The number of benzene rings is 3. The first kappa shape index (κ1) is 22.5. The Morgan fingerprint density at radius 1 is 0.848 bits per heavy atom. The molecule has 1 aromatic heterocycles. The van der Waals surface area contributed by atoms with Gasteiger partial charge in [-0.3, -0.25) is 4.79 Å². The minimum Gasteiger partial charge on any atom is -0.441 e. The molecule has 7 heteroatoms. The third-order valence-electron chi connectivity index (χ3n) is 5.30. The zero-order chi connectivity index (χ0) is 23.6. The quantitative estimate of drug-likeness (QED) is 0.411. The summed E-state index contributed by atoms with van der Waals surface area (Å²) in [5.74, 6) is 0.287. The van der Waals surface area contributed by atoms with E-state index in [-0.39, 0.29) is 16.6 Å². The molecule has 0 atom stereocenters. The van der Waals surface area contributed by atoms with Crippen LogP contribution in [0.4, 0.5) is 5.69 Å². The van der Waals surface area contributed by atoms with E-state index in [1.165, 1.54) is 0 Å². The number of carbonyl (C=O) groups excluding carboxylic acids is 1. The Morgan fingerprint density at radius 3 is 2.03 bits per heavy atom. The first-order valence-corrected chi connectivity index (χ1v) is 12.1. The molecule has 4 aromatic rings. The summed E-state index contributed by atoms with van der Waals surface area (Å²) >= 11 is 0. The van der Waals surface area contributed by atoms with Crippen molar-refractivity contribution in [3.8, 4) is 11.5 Å². The molecule has 1 N–H and O–H groups in total. The number of nitrogens with one attached hydrogen (secondary N) is 1. The van der Waals surface area contributed by atoms with Gasteiger partial charge in [0.05, 0.1) is 10.6 Å². The normalized spacial score (nSPS) is 11.4. The van der Waals surface area contributed by atoms with Crippen molar-refractivity contribution in [3.05, 3.63) is 101 Å². The lowest BCUT2D eigenvalue weighted by Gasteiger charge is -2.06. The summed E-state index contributed by atoms with van der Waals surface area (Å²) in [7, 11) is -3.55. The lowest BCUT2D eigenvalue weighted by molar-refractivity contribution is 0.102. The van der Waals surface area contributed by atoms with Crippen molar-refractivity contribution in [2.45, 2.75) is 31.4 Å². The fourth-order valence-corrected chi connectivity index (χ4v) is 4.64. The molecule has 6 nitrogen and oxygen atoms in total. The number of nitrogens with zero attached hydrogens (tertiary/aromatic N) is 1. The van der Waals surface area contributed by atoms with E-state index in [9.17, 15) is 13.2 Å². The number of amides is 1. The van der Waals surface area contributed by atoms with Gasteiger partial charge in [0.25, 0.3) is 5.91 Å². The van der Waals surface area contributed by atoms with E-state index in [0.717, 1.165) is 16.8 Å². The lowest BCUT2D eigenvalue weighted by Crippen LogP contribution is -2.11. The Kier molecular flexibility index (Phi) is 6.16. The maximum absolute atomic E-state index is 12.8. The van der Waals surface area contributed by atoms with Crippen LogP contribution in [-0.2, 0) is 15.6 Å². The summed E-state index contributed by atoms with van der Waals surface area (Å²) in [6, 6.07) is 21.1. The highest BCUT2D eigenvalue weighted by atomic mass is 32.2. The van der Waals surface area contributed by atoms with Gasteiger partial charge in [0.1, 0.15) is 11.5 Å². The van der Waals surface area contributed by atoms with Gasteiger partial charge in [-0.05, 0) is 69.3 Å². The molecule has 0 aliphatic heterocycles. The van der Waals surface area contributed by atoms with E-state index < -0.39 is 9.84 Å². The Hall–Kier alpha value is -3.71. The molecule has 33 heavy (non-hydrogen) atoms. The van der Waals surface area contributed by atoms with E-state index in [1.807, 2.05) is 38.1 Å². The van der Waals surface area contributed by atoms with E-state index in [2.05, 4.69) is 10.3 Å². The fraction of sp³-hybridized carbons (Fsp3) is 0.154. The standard InChI is InChI=1S/C26H24N2O4S/c1-17-4-12-22(13-5-17)27-25(29)20-8-10-21(11-9-20)26-28-24(19(3)32-26)16-33(30,31)23-14-6-18(2)7-15-23/h4-15H,16H2,1-3H3,(H,27,29). The summed E-state index contributed by atoms with van der Waals surface area (Å²) in [6.45, 7) is 5.58. The minimum atomic E-state index is -3.55. The van der Waals surface area contributed by atoms with E-state index in [1.54, 1.807) is 55.5 Å². The summed E-state index contributed by atoms with van der Waals surface area (Å²) in [5, 5.41) is 2.86. The van der Waals surface area contributed by atoms with Gasteiger partial charge in [-0.25, -0.2) is 13.4 Å². The molecular formula is C26H24N2O4S. The Labute approximate surface area is 193 Å². The fourth-order valence-electron chi connectivity index (χ4n) is 3.30. The number of rotatable bonds is 6. The highest BCUT2D eigenvalue weighted by Gasteiger charge is 2.21. The van der Waals surface area contributed by atoms with Crippen molar-refractivity contribution >= 4 is 21.4 Å². The highest BCUT2D eigenvalue weighted by molar-refractivity contribution is 7.90. The second-order valence-electron chi connectivity index (χ2n) is 7.99. The molecule has 0 fully saturated rings. The molecule has 0 radical (unpaired) electrons. The van der Waals surface area contributed by atoms with Crippen molar-refractivity contribution < 1.29 is 17.6 Å². The van der Waals surface area contributed by atoms with Crippen LogP contribution in [0.5, 0.6) is 0 Å². The summed E-state index contributed by atoms with van der Waals surface area (Å²) in [5.41, 5.74) is 4.34. The lowest BCUT2D eigenvalue weighted by atomic mass is 10.1. The van der Waals surface area contributed by atoms with Crippen LogP contribution in [0, 0.1) is 20.8 Å². The molecule has 168 valence electrons. The summed E-state index contributed by atoms with van der Waals surface area (Å²) < 4.78 is 31.3. The van der Waals surface area contributed by atoms with Gasteiger partial charge in [-0.1, -0.05) is 35.4 Å². The molecule has 0 bridgehead atoms. The van der Waals surface area contributed by atoms with Crippen LogP contribution in [0.25, 0.3) is 11.5 Å². The smallest absolute Gasteiger partial charge is 0.255 e. The first-order chi connectivity index (χ1) is 15.7. The molecule has 1 heterocycles. The Bertz CT molecular complexity index is 1390. The SMILES string of the molecule is Cc1ccc(NC(=O)c2ccc(-c3nc(CS(=O)(=O)c4ccc(C)cc4)c(C)o3)cc2)cc1. The molecule has 0 aliphatic carbocycles. The van der Waals surface area contributed by atoms with Crippen LogP contribution < -0.4 is 5.32 Å². The largest absolute Gasteiger partial charge is 0.441 e. The van der Waals surface area contributed by atoms with Crippen LogP contribution in [0.1, 0.15) is 32.9 Å². The second-order valence-corrected chi connectivity index (χ2v) is 9.98. The number of aromatic nitrogens is 1. The van der Waals surface area contributed by atoms with Crippen LogP contribution in [0.2, 0.25) is 0 Å². The molecule has 0 saturated carbocycles. The number of hydrogen-bond donors (Lipinski definition) is 1. The van der Waals surface area contributed by atoms with E-state index in [4.69, 9.17) is 4.42 Å². The monoisotopic (exact) mass is 460 g/mol. The van der Waals surface area contributed by atoms with Gasteiger partial charge in [-0.2, -0.15) is 0 Å². The van der Waals surface area contributed by atoms with Gasteiger partial charge in [0.2, 0.25) is 5.89 Å². The molecule has 0 spiro atoms. The average molecular weight is 461 g/mol. The van der Waals surface area contributed by atoms with Crippen LogP contribution in [0.3, 0.4) is 0 Å². The van der Waals surface area contributed by atoms with Crippen molar-refractivity contribution in [1.82, 2.24) is 4.98 Å². The molecule has 0 aliphatic rings. The number of oxazole rings is 1. The molecule has 3 aromatic carbocycles. The zero-order valence-corrected chi connectivity index (χ0v) is 19.4. The van der Waals surface area contributed by atoms with E-state index in [0.29, 0.717) is 28.5 Å². The summed E-state index contributed by atoms with van der Waals surface area (Å²) in [6.07, 6.45) is 0. The van der Waals surface area contributed by atoms with Gasteiger partial charge in [0, 0.05) is 16.8 Å². The van der Waals surface area contributed by atoms with Gasteiger partial charge in [0.15, 0.2) is 9.84 Å². The molecule has 1 amide bonds. The van der Waals surface area contributed by atoms with Crippen molar-refractivity contribution in [2.24, 2.45) is 0 Å². The van der Waals surface area contributed by atoms with Crippen LogP contribution >= 0.6 is 0 Å². The van der Waals surface area contributed by atoms with Gasteiger partial charge in [-0.15, -0.1) is 0 Å². The molecule has 0 unspecified atom stereocenters. The Balaban J connectivity index is 1.50. The predicted octanol–water partition coefficient (Wildman–Crippen LogP) is 5.49. The number of hydrogen-bond acceptors (Lipinski definition) is 5. The number of sulfone groups is 1. The third kappa shape index (κ3) is 5.21. The topological polar surface area (TPSA) is 89.3 Å². The average Bonchev–Trinajstić information content (AvgIpc) is 3.15. The molecule has 4 rings (SSSR count). The van der Waals surface area contributed by atoms with Crippen molar-refractivity contribution in [2.75, 3.05) is 5.32 Å². The highest BCUT2D eigenvalue weighted by Crippen LogP contribution is 2.25. The zero-order valence-electron chi connectivity index (χ0n) is 18.6. The summed E-state index contributed by atoms with van der Waals surface area (Å²) in [4.78, 5) is 17.2. The molecular weight excluding hydrogens is 436 g/mol. The van der Waals surface area contributed by atoms with Crippen LogP contribution in [0.15, 0.2) is 82.1 Å². The molecule has 0 saturated heterocycles. The number of aryl methyl sites for hydroxylation is 3. The number of anilines is 1. The third-order valence-corrected chi connectivity index (χ3v) is 6.95. The van der Waals surface area contributed by atoms with Crippen LogP contribution in [-0.4, -0.2) is 19.3 Å². The second kappa shape index (κ2) is 9.03. The van der Waals surface area contributed by atoms with Gasteiger partial charge < -0.3 is 9.73 Å². The van der Waals surface area contributed by atoms with E-state index >= 15 is 0 Å². The maximum atomic E-state index is 12.8.